The van der Waals surface area contributed by atoms with Crippen molar-refractivity contribution < 1.29 is 19.8 Å². The van der Waals surface area contributed by atoms with Gasteiger partial charge in [-0.3, -0.25) is 4.79 Å². The molecule has 6 heteroatoms. The lowest BCUT2D eigenvalue weighted by molar-refractivity contribution is -0.127. The number of hydrogen-bond donors (Lipinski definition) is 4. The van der Waals surface area contributed by atoms with E-state index in [1.54, 1.807) is 24.3 Å². The van der Waals surface area contributed by atoms with Crippen molar-refractivity contribution in [3.05, 3.63) is 42.3 Å². The van der Waals surface area contributed by atoms with Crippen molar-refractivity contribution in [2.45, 2.75) is 38.0 Å². The molecular formula is C18H27N2O4. The van der Waals surface area contributed by atoms with Gasteiger partial charge in [0.15, 0.2) is 12.1 Å². The lowest BCUT2D eigenvalue weighted by Gasteiger charge is -2.37. The fraction of sp³-hybridized carbons (Fsp3) is 0.500. The van der Waals surface area contributed by atoms with Crippen LogP contribution in [0.25, 0.3) is 0 Å². The van der Waals surface area contributed by atoms with E-state index in [2.05, 4.69) is 0 Å². The zero-order chi connectivity index (χ0) is 18.2. The third-order valence-electron chi connectivity index (χ3n) is 4.28. The van der Waals surface area contributed by atoms with Crippen LogP contribution in [0, 0.1) is 18.3 Å². The molecule has 6 nitrogen and oxygen atoms in total. The molecule has 0 spiro atoms. The van der Waals surface area contributed by atoms with Gasteiger partial charge in [0.05, 0.1) is 0 Å². The predicted molar refractivity (Wildman–Crippen MR) is 91.5 cm³/mol. The highest BCUT2D eigenvalue weighted by atomic mass is 16.5. The Labute approximate surface area is 142 Å². The second-order valence-electron chi connectivity index (χ2n) is 6.20. The van der Waals surface area contributed by atoms with Crippen LogP contribution in [0.2, 0.25) is 0 Å². The summed E-state index contributed by atoms with van der Waals surface area (Å²) in [7, 11) is 0. The number of aldehydes is 1. The molecule has 1 rings (SSSR count). The fourth-order valence-electron chi connectivity index (χ4n) is 2.76. The molecule has 3 atom stereocenters. The van der Waals surface area contributed by atoms with Crippen LogP contribution in [0.1, 0.15) is 31.7 Å². The lowest BCUT2D eigenvalue weighted by Crippen LogP contribution is -2.52. The molecule has 1 aromatic carbocycles. The summed E-state index contributed by atoms with van der Waals surface area (Å²) in [5, 5.41) is 18.3. The van der Waals surface area contributed by atoms with Crippen LogP contribution in [0.15, 0.2) is 30.3 Å². The molecule has 0 aliphatic rings. The van der Waals surface area contributed by atoms with E-state index in [1.807, 2.05) is 13.0 Å². The van der Waals surface area contributed by atoms with Crippen molar-refractivity contribution in [1.29, 1.82) is 0 Å². The Bertz CT molecular complexity index is 521. The van der Waals surface area contributed by atoms with Gasteiger partial charge < -0.3 is 26.5 Å². The van der Waals surface area contributed by atoms with Crippen LogP contribution in [-0.4, -0.2) is 35.1 Å². The van der Waals surface area contributed by atoms with E-state index in [0.717, 1.165) is 0 Å². The van der Waals surface area contributed by atoms with Crippen LogP contribution in [0.4, 0.5) is 0 Å². The van der Waals surface area contributed by atoms with Gasteiger partial charge in [-0.25, -0.2) is 0 Å². The normalized spacial score (nSPS) is 16.4. The Morgan fingerprint density at radius 3 is 2.38 bits per heavy atom. The highest BCUT2D eigenvalue weighted by Gasteiger charge is 2.43. The van der Waals surface area contributed by atoms with E-state index in [1.165, 1.54) is 6.42 Å². The van der Waals surface area contributed by atoms with Crippen molar-refractivity contribution in [3.63, 3.8) is 0 Å². The largest absolute Gasteiger partial charge is 0.368 e. The summed E-state index contributed by atoms with van der Waals surface area (Å²) in [6.07, 6.45) is 0.794. The number of aliphatic hydroxyl groups is 2. The smallest absolute Gasteiger partial charge is 0.157 e. The molecule has 6 N–H and O–H groups in total. The first-order valence-electron chi connectivity index (χ1n) is 8.08. The maximum absolute atomic E-state index is 13.0. The van der Waals surface area contributed by atoms with Gasteiger partial charge in [-0.2, -0.15) is 0 Å². The first-order valence-corrected chi connectivity index (χ1v) is 8.08. The van der Waals surface area contributed by atoms with Gasteiger partial charge >= 0.3 is 0 Å². The topological polar surface area (TPSA) is 127 Å². The van der Waals surface area contributed by atoms with Crippen LogP contribution in [-0.2, 0) is 15.1 Å². The molecule has 24 heavy (non-hydrogen) atoms. The van der Waals surface area contributed by atoms with Gasteiger partial charge in [-0.15, -0.1) is 0 Å². The number of carbonyl (C=O) groups excluding carboxylic acids is 2. The van der Waals surface area contributed by atoms with E-state index < -0.39 is 17.7 Å². The van der Waals surface area contributed by atoms with Crippen molar-refractivity contribution in [2.24, 2.45) is 23.3 Å². The molecule has 0 heterocycles. The molecular weight excluding hydrogens is 308 g/mol. The molecule has 0 saturated heterocycles. The minimum Gasteiger partial charge on any atom is -0.368 e. The van der Waals surface area contributed by atoms with Crippen molar-refractivity contribution >= 4 is 12.1 Å². The summed E-state index contributed by atoms with van der Waals surface area (Å²) in [6.45, 7) is 2.22. The number of carbonyl (C=O) groups is 2. The SMILES string of the molecule is CC(CN)CC(=O)C(N)(c1ccccc1)C([CH]C=O)CCC(O)O. The first-order chi connectivity index (χ1) is 11.4. The maximum Gasteiger partial charge on any atom is 0.157 e. The zero-order valence-corrected chi connectivity index (χ0v) is 14.0. The lowest BCUT2D eigenvalue weighted by atomic mass is 9.70. The minimum atomic E-state index is -1.52. The van der Waals surface area contributed by atoms with Crippen molar-refractivity contribution in [2.75, 3.05) is 6.54 Å². The molecule has 1 radical (unpaired) electrons. The Balaban J connectivity index is 3.23. The molecule has 0 saturated carbocycles. The second-order valence-corrected chi connectivity index (χ2v) is 6.20. The zero-order valence-electron chi connectivity index (χ0n) is 14.0. The Kier molecular flexibility index (Phi) is 8.21. The van der Waals surface area contributed by atoms with E-state index in [0.29, 0.717) is 18.4 Å². The first kappa shape index (κ1) is 20.4. The average molecular weight is 335 g/mol. The van der Waals surface area contributed by atoms with E-state index in [-0.39, 0.29) is 31.0 Å². The van der Waals surface area contributed by atoms with Gasteiger partial charge in [0, 0.05) is 12.8 Å². The van der Waals surface area contributed by atoms with Gasteiger partial charge in [-0.05, 0) is 36.8 Å². The highest BCUT2D eigenvalue weighted by Crippen LogP contribution is 2.35. The summed E-state index contributed by atoms with van der Waals surface area (Å²) in [5.41, 5.74) is 11.3. The standard InChI is InChI=1S/C18H27N2O4/c1-13(12-19)11-16(22)18(20,14-5-3-2-4-6-14)15(9-10-21)7-8-17(23)24/h2-6,9-10,13,15,17,23-24H,7-8,11-12,19-20H2,1H3. The summed E-state index contributed by atoms with van der Waals surface area (Å²) in [5.74, 6) is -0.900. The number of nitrogens with two attached hydrogens (primary N) is 2. The molecule has 133 valence electrons. The fourth-order valence-corrected chi connectivity index (χ4v) is 2.76. The van der Waals surface area contributed by atoms with Gasteiger partial charge in [0.2, 0.25) is 0 Å². The molecule has 0 bridgehead atoms. The molecule has 1 aromatic rings. The molecule has 0 amide bonds. The number of hydrogen-bond acceptors (Lipinski definition) is 6. The minimum absolute atomic E-state index is 0.0144. The highest BCUT2D eigenvalue weighted by molar-refractivity contribution is 5.91. The van der Waals surface area contributed by atoms with E-state index in [4.69, 9.17) is 21.7 Å². The Morgan fingerprint density at radius 2 is 1.88 bits per heavy atom. The summed E-state index contributed by atoms with van der Waals surface area (Å²) < 4.78 is 0. The van der Waals surface area contributed by atoms with Crippen LogP contribution in [0.3, 0.4) is 0 Å². The number of ketones is 1. The van der Waals surface area contributed by atoms with Gasteiger partial charge in [-0.1, -0.05) is 37.3 Å². The molecule has 0 aromatic heterocycles. The van der Waals surface area contributed by atoms with E-state index >= 15 is 0 Å². The molecule has 3 unspecified atom stereocenters. The summed E-state index contributed by atoms with van der Waals surface area (Å²) in [6, 6.07) is 8.84. The average Bonchev–Trinajstić information content (AvgIpc) is 2.58. The van der Waals surface area contributed by atoms with Gasteiger partial charge in [0.1, 0.15) is 11.8 Å². The second kappa shape index (κ2) is 9.64. The Hall–Kier alpha value is -1.60. The number of aliphatic hydroxyl groups excluding tert-OH is 1. The third-order valence-corrected chi connectivity index (χ3v) is 4.28. The number of Topliss-reactive ketones (excluding diaryl/α,β-unsaturated/α-hetero) is 1. The monoisotopic (exact) mass is 335 g/mol. The number of rotatable bonds is 11. The van der Waals surface area contributed by atoms with Gasteiger partial charge in [0.25, 0.3) is 0 Å². The van der Waals surface area contributed by atoms with Crippen molar-refractivity contribution in [3.8, 4) is 0 Å². The molecule has 0 fully saturated rings. The quantitative estimate of drug-likeness (QED) is 0.345. The predicted octanol–water partition coefficient (Wildman–Crippen LogP) is 0.505. The van der Waals surface area contributed by atoms with Crippen LogP contribution >= 0.6 is 0 Å². The molecule has 0 aliphatic heterocycles. The van der Waals surface area contributed by atoms with E-state index in [9.17, 15) is 9.59 Å². The number of benzene rings is 1. The summed E-state index contributed by atoms with van der Waals surface area (Å²) in [4.78, 5) is 24.0. The maximum atomic E-state index is 13.0. The third kappa shape index (κ3) is 5.21. The van der Waals surface area contributed by atoms with Crippen LogP contribution < -0.4 is 11.5 Å². The Morgan fingerprint density at radius 1 is 1.25 bits per heavy atom. The van der Waals surface area contributed by atoms with Crippen molar-refractivity contribution in [1.82, 2.24) is 0 Å². The summed E-state index contributed by atoms with van der Waals surface area (Å²) >= 11 is 0. The van der Waals surface area contributed by atoms with Crippen LogP contribution in [0.5, 0.6) is 0 Å². The molecule has 0 aliphatic carbocycles.